The highest BCUT2D eigenvalue weighted by Crippen LogP contribution is 2.39. The van der Waals surface area contributed by atoms with Crippen molar-refractivity contribution in [1.29, 1.82) is 0 Å². The fourth-order valence-electron chi connectivity index (χ4n) is 1.57. The highest BCUT2D eigenvalue weighted by molar-refractivity contribution is 6.80. The molecule has 102 valence electrons. The minimum atomic E-state index is -1.04. The first kappa shape index (κ1) is 17.2. The molecule has 0 spiro atoms. The average Bonchev–Trinajstić information content (AvgIpc) is 2.07. The summed E-state index contributed by atoms with van der Waals surface area (Å²) in [6.07, 6.45) is 7.45. The molecule has 0 N–H and O–H groups in total. The zero-order valence-corrected chi connectivity index (χ0v) is 15.5. The maximum absolute atomic E-state index is 2.53. The molecule has 0 aromatic rings. The van der Waals surface area contributed by atoms with Crippen molar-refractivity contribution in [2.24, 2.45) is 0 Å². The standard InChI is InChI=1S/C15H34Si2/c1-15(2,3)17(7,8)14-12-10-9-11-13-16(4,5)6/h9-10H,11-14H2,1-8H3/b10-9-. The molecule has 0 amide bonds. The Labute approximate surface area is 112 Å². The van der Waals surface area contributed by atoms with E-state index < -0.39 is 16.1 Å². The van der Waals surface area contributed by atoms with Crippen LogP contribution in [0.2, 0.25) is 49.9 Å². The van der Waals surface area contributed by atoms with Gasteiger partial charge in [-0.15, -0.1) is 0 Å². The van der Waals surface area contributed by atoms with Gasteiger partial charge < -0.3 is 0 Å². The largest absolute Gasteiger partial charge is 0.0888 e. The Bertz CT molecular complexity index is 239. The van der Waals surface area contributed by atoms with E-state index in [0.717, 1.165) is 0 Å². The Balaban J connectivity index is 3.89. The number of allylic oxidation sites excluding steroid dienone is 2. The Morgan fingerprint density at radius 1 is 0.765 bits per heavy atom. The van der Waals surface area contributed by atoms with E-state index in [4.69, 9.17) is 0 Å². The van der Waals surface area contributed by atoms with Crippen LogP contribution >= 0.6 is 0 Å². The van der Waals surface area contributed by atoms with Crippen molar-refractivity contribution in [3.63, 3.8) is 0 Å². The fraction of sp³-hybridized carbons (Fsp3) is 0.867. The molecule has 0 bridgehead atoms. The zero-order chi connectivity index (χ0) is 13.7. The average molecular weight is 271 g/mol. The van der Waals surface area contributed by atoms with Gasteiger partial charge in [-0.05, 0) is 17.9 Å². The van der Waals surface area contributed by atoms with Crippen LogP contribution in [0.3, 0.4) is 0 Å². The van der Waals surface area contributed by atoms with Crippen LogP contribution in [-0.2, 0) is 0 Å². The summed E-state index contributed by atoms with van der Waals surface area (Å²) in [5.41, 5.74) is 0. The number of hydrogen-bond donors (Lipinski definition) is 0. The van der Waals surface area contributed by atoms with Crippen molar-refractivity contribution < 1.29 is 0 Å². The smallest absolute Gasteiger partial charge is 0.0530 e. The molecular weight excluding hydrogens is 236 g/mol. The summed E-state index contributed by atoms with van der Waals surface area (Å²) in [4.78, 5) is 0. The van der Waals surface area contributed by atoms with Gasteiger partial charge in [0.25, 0.3) is 0 Å². The van der Waals surface area contributed by atoms with Crippen molar-refractivity contribution in [3.8, 4) is 0 Å². The molecule has 17 heavy (non-hydrogen) atoms. The van der Waals surface area contributed by atoms with E-state index >= 15 is 0 Å². The lowest BCUT2D eigenvalue weighted by Gasteiger charge is -2.36. The van der Waals surface area contributed by atoms with E-state index in [-0.39, 0.29) is 0 Å². The van der Waals surface area contributed by atoms with E-state index in [0.29, 0.717) is 5.04 Å². The first-order valence-electron chi connectivity index (χ1n) is 7.11. The van der Waals surface area contributed by atoms with Crippen LogP contribution in [-0.4, -0.2) is 16.1 Å². The van der Waals surface area contributed by atoms with Crippen molar-refractivity contribution in [1.82, 2.24) is 0 Å². The third-order valence-electron chi connectivity index (χ3n) is 4.19. The highest BCUT2D eigenvalue weighted by Gasteiger charge is 2.33. The van der Waals surface area contributed by atoms with Gasteiger partial charge in [-0.25, -0.2) is 0 Å². The van der Waals surface area contributed by atoms with Gasteiger partial charge in [0.2, 0.25) is 0 Å². The van der Waals surface area contributed by atoms with Crippen LogP contribution < -0.4 is 0 Å². The first-order chi connectivity index (χ1) is 7.46. The molecule has 2 heteroatoms. The first-order valence-corrected chi connectivity index (χ1v) is 14.0. The van der Waals surface area contributed by atoms with E-state index in [2.05, 4.69) is 65.7 Å². The third-order valence-corrected chi connectivity index (χ3v) is 11.6. The van der Waals surface area contributed by atoms with Crippen LogP contribution in [0, 0.1) is 0 Å². The topological polar surface area (TPSA) is 0 Å². The lowest BCUT2D eigenvalue weighted by Crippen LogP contribution is -2.36. The monoisotopic (exact) mass is 270 g/mol. The molecule has 0 saturated heterocycles. The SMILES string of the molecule is CC(C)(C)[Si](C)(C)CC/C=C\CC[Si](C)(C)C. The third kappa shape index (κ3) is 7.98. The van der Waals surface area contributed by atoms with Gasteiger partial charge in [0.05, 0.1) is 8.07 Å². The van der Waals surface area contributed by atoms with Crippen molar-refractivity contribution in [2.45, 2.75) is 83.5 Å². The van der Waals surface area contributed by atoms with E-state index in [1.807, 2.05) is 0 Å². The molecule has 0 unspecified atom stereocenters. The van der Waals surface area contributed by atoms with Crippen LogP contribution in [0.4, 0.5) is 0 Å². The van der Waals surface area contributed by atoms with Gasteiger partial charge in [0.1, 0.15) is 0 Å². The Morgan fingerprint density at radius 2 is 1.18 bits per heavy atom. The van der Waals surface area contributed by atoms with Crippen molar-refractivity contribution >= 4 is 16.1 Å². The molecule has 0 atom stereocenters. The molecule has 0 aliphatic heterocycles. The molecule has 0 radical (unpaired) electrons. The summed E-state index contributed by atoms with van der Waals surface area (Å²) in [7, 11) is -1.87. The summed E-state index contributed by atoms with van der Waals surface area (Å²) in [5, 5.41) is 0.541. The number of hydrogen-bond acceptors (Lipinski definition) is 0. The molecule has 0 aromatic carbocycles. The predicted octanol–water partition coefficient (Wildman–Crippen LogP) is 6.17. The molecule has 0 nitrogen and oxygen atoms in total. The summed E-state index contributed by atoms with van der Waals surface area (Å²) in [6, 6.07) is 2.86. The van der Waals surface area contributed by atoms with Gasteiger partial charge in [0, 0.05) is 8.07 Å². The van der Waals surface area contributed by atoms with E-state index in [1.54, 1.807) is 0 Å². The van der Waals surface area contributed by atoms with Gasteiger partial charge in [-0.2, -0.15) is 0 Å². The molecule has 0 fully saturated rings. The zero-order valence-electron chi connectivity index (χ0n) is 13.5. The van der Waals surface area contributed by atoms with Gasteiger partial charge >= 0.3 is 0 Å². The lowest BCUT2D eigenvalue weighted by atomic mass is 10.2. The summed E-state index contributed by atoms with van der Waals surface area (Å²) < 4.78 is 0. The van der Waals surface area contributed by atoms with Gasteiger partial charge in [-0.1, -0.05) is 77.7 Å². The Morgan fingerprint density at radius 3 is 1.53 bits per heavy atom. The van der Waals surface area contributed by atoms with Crippen LogP contribution in [0.5, 0.6) is 0 Å². The fourth-order valence-corrected chi connectivity index (χ4v) is 4.24. The minimum Gasteiger partial charge on any atom is -0.0888 e. The second kappa shape index (κ2) is 6.37. The highest BCUT2D eigenvalue weighted by atomic mass is 28.3. The van der Waals surface area contributed by atoms with Crippen LogP contribution in [0.15, 0.2) is 12.2 Å². The maximum atomic E-state index is 2.53. The molecule has 0 aromatic heterocycles. The minimum absolute atomic E-state index is 0.541. The second-order valence-corrected chi connectivity index (χ2v) is 19.6. The Kier molecular flexibility index (Phi) is 6.44. The normalized spacial score (nSPS) is 14.6. The Hall–Kier alpha value is 0.174. The van der Waals surface area contributed by atoms with Crippen LogP contribution in [0.25, 0.3) is 0 Å². The summed E-state index contributed by atoms with van der Waals surface area (Å²) in [6.45, 7) is 19.7. The molecule has 0 aliphatic rings. The summed E-state index contributed by atoms with van der Waals surface area (Å²) >= 11 is 0. The predicted molar refractivity (Wildman–Crippen MR) is 88.5 cm³/mol. The molecule has 0 heterocycles. The van der Waals surface area contributed by atoms with E-state index in [9.17, 15) is 0 Å². The molecule has 0 aliphatic carbocycles. The quantitative estimate of drug-likeness (QED) is 0.400. The van der Waals surface area contributed by atoms with Crippen LogP contribution in [0.1, 0.15) is 33.6 Å². The lowest BCUT2D eigenvalue weighted by molar-refractivity contribution is 0.712. The molecule has 0 saturated carbocycles. The summed E-state index contributed by atoms with van der Waals surface area (Å²) in [5.74, 6) is 0. The maximum Gasteiger partial charge on any atom is 0.0530 e. The van der Waals surface area contributed by atoms with Crippen molar-refractivity contribution in [3.05, 3.63) is 12.2 Å². The molecular formula is C15H34Si2. The van der Waals surface area contributed by atoms with Gasteiger partial charge in [-0.3, -0.25) is 0 Å². The van der Waals surface area contributed by atoms with Crippen molar-refractivity contribution in [2.75, 3.05) is 0 Å². The number of rotatable bonds is 6. The second-order valence-electron chi connectivity index (χ2n) is 8.24. The molecule has 0 rings (SSSR count). The van der Waals surface area contributed by atoms with E-state index in [1.165, 1.54) is 24.9 Å². The van der Waals surface area contributed by atoms with Gasteiger partial charge in [0.15, 0.2) is 0 Å².